The first-order valence-corrected chi connectivity index (χ1v) is 8.78. The Labute approximate surface area is 167 Å². The Morgan fingerprint density at radius 2 is 1.69 bits per heavy atom. The molecule has 0 aliphatic carbocycles. The monoisotopic (exact) mass is 392 g/mol. The molecule has 0 atom stereocenters. The minimum Gasteiger partial charge on any atom is -0.497 e. The molecule has 8 nitrogen and oxygen atoms in total. The second-order valence-electron chi connectivity index (χ2n) is 5.99. The van der Waals surface area contributed by atoms with E-state index in [9.17, 15) is 9.59 Å². The second kappa shape index (κ2) is 9.32. The van der Waals surface area contributed by atoms with Crippen molar-refractivity contribution in [2.24, 2.45) is 0 Å². The van der Waals surface area contributed by atoms with Crippen LogP contribution in [0.25, 0.3) is 0 Å². The summed E-state index contributed by atoms with van der Waals surface area (Å²) in [7, 11) is 2.93. The van der Waals surface area contributed by atoms with Gasteiger partial charge in [0.2, 0.25) is 5.95 Å². The van der Waals surface area contributed by atoms with Gasteiger partial charge < -0.3 is 20.1 Å². The molecule has 0 radical (unpaired) electrons. The van der Waals surface area contributed by atoms with Crippen molar-refractivity contribution in [1.29, 1.82) is 0 Å². The van der Waals surface area contributed by atoms with E-state index in [-0.39, 0.29) is 17.5 Å². The van der Waals surface area contributed by atoms with Gasteiger partial charge in [0.1, 0.15) is 11.4 Å². The van der Waals surface area contributed by atoms with Gasteiger partial charge in [0.25, 0.3) is 5.91 Å². The molecule has 148 valence electrons. The third-order valence-corrected chi connectivity index (χ3v) is 4.06. The highest BCUT2D eigenvalue weighted by Gasteiger charge is 2.10. The lowest BCUT2D eigenvalue weighted by Gasteiger charge is -2.08. The number of amides is 1. The number of nitrogens with one attached hydrogen (secondary N) is 2. The zero-order chi connectivity index (χ0) is 20.6. The number of methoxy groups -OCH3 is 2. The summed E-state index contributed by atoms with van der Waals surface area (Å²) >= 11 is 0. The van der Waals surface area contributed by atoms with Crippen LogP contribution in [0.2, 0.25) is 0 Å². The van der Waals surface area contributed by atoms with Crippen molar-refractivity contribution in [3.8, 4) is 5.75 Å². The Bertz CT molecular complexity index is 988. The maximum atomic E-state index is 12.4. The van der Waals surface area contributed by atoms with Crippen LogP contribution in [0.4, 0.5) is 11.6 Å². The molecule has 8 heteroatoms. The Morgan fingerprint density at radius 3 is 2.34 bits per heavy atom. The van der Waals surface area contributed by atoms with Crippen LogP contribution in [-0.4, -0.2) is 36.1 Å². The summed E-state index contributed by atoms with van der Waals surface area (Å²) < 4.78 is 9.78. The molecule has 3 aromatic rings. The maximum absolute atomic E-state index is 12.4. The summed E-state index contributed by atoms with van der Waals surface area (Å²) in [6.45, 7) is 0.366. The number of benzene rings is 2. The van der Waals surface area contributed by atoms with Gasteiger partial charge >= 0.3 is 5.97 Å². The van der Waals surface area contributed by atoms with E-state index in [0.29, 0.717) is 17.8 Å². The van der Waals surface area contributed by atoms with Crippen molar-refractivity contribution in [2.75, 3.05) is 19.5 Å². The summed E-state index contributed by atoms with van der Waals surface area (Å²) in [5.74, 6) is 0.301. The fraction of sp³-hybridized carbons (Fsp3) is 0.143. The molecule has 29 heavy (non-hydrogen) atoms. The number of esters is 1. The number of anilines is 2. The molecule has 0 bridgehead atoms. The number of carbonyl (C=O) groups is 2. The molecule has 0 saturated carbocycles. The first-order chi connectivity index (χ1) is 14.1. The van der Waals surface area contributed by atoms with Crippen molar-refractivity contribution in [3.63, 3.8) is 0 Å². The summed E-state index contributed by atoms with van der Waals surface area (Å²) in [4.78, 5) is 32.2. The quantitative estimate of drug-likeness (QED) is 0.596. The molecule has 2 N–H and O–H groups in total. The zero-order valence-corrected chi connectivity index (χ0v) is 16.0. The number of nitrogens with zero attached hydrogens (tertiary/aromatic N) is 2. The minimum atomic E-state index is -0.414. The fourth-order valence-electron chi connectivity index (χ4n) is 2.50. The third-order valence-electron chi connectivity index (χ3n) is 4.06. The van der Waals surface area contributed by atoms with Crippen LogP contribution in [0.3, 0.4) is 0 Å². The zero-order valence-electron chi connectivity index (χ0n) is 16.0. The van der Waals surface area contributed by atoms with Gasteiger partial charge in [-0.15, -0.1) is 0 Å². The van der Waals surface area contributed by atoms with Gasteiger partial charge in [0, 0.05) is 18.4 Å². The summed E-state index contributed by atoms with van der Waals surface area (Å²) in [6.07, 6.45) is 1.50. The first-order valence-electron chi connectivity index (χ1n) is 8.78. The molecule has 0 aliphatic rings. The van der Waals surface area contributed by atoms with Gasteiger partial charge in [-0.1, -0.05) is 12.1 Å². The lowest BCUT2D eigenvalue weighted by Crippen LogP contribution is -2.24. The molecule has 1 aromatic heterocycles. The van der Waals surface area contributed by atoms with Crippen molar-refractivity contribution in [3.05, 3.63) is 77.6 Å². The summed E-state index contributed by atoms with van der Waals surface area (Å²) in [5.41, 5.74) is 2.29. The average molecular weight is 392 g/mol. The van der Waals surface area contributed by atoms with Gasteiger partial charge in [-0.25, -0.2) is 14.8 Å². The molecular weight excluding hydrogens is 372 g/mol. The maximum Gasteiger partial charge on any atom is 0.337 e. The van der Waals surface area contributed by atoms with Crippen molar-refractivity contribution >= 4 is 23.5 Å². The number of hydrogen-bond acceptors (Lipinski definition) is 7. The summed E-state index contributed by atoms with van der Waals surface area (Å²) in [5, 5.41) is 5.82. The molecule has 0 unspecified atom stereocenters. The van der Waals surface area contributed by atoms with Crippen molar-refractivity contribution in [1.82, 2.24) is 15.3 Å². The summed E-state index contributed by atoms with van der Waals surface area (Å²) in [6, 6.07) is 15.6. The van der Waals surface area contributed by atoms with Crippen LogP contribution in [0.5, 0.6) is 5.75 Å². The number of rotatable bonds is 7. The van der Waals surface area contributed by atoms with Crippen LogP contribution < -0.4 is 15.4 Å². The minimum absolute atomic E-state index is 0.238. The average Bonchev–Trinajstić information content (AvgIpc) is 2.78. The number of carbonyl (C=O) groups excluding carboxylic acids is 2. The van der Waals surface area contributed by atoms with Crippen LogP contribution in [-0.2, 0) is 11.3 Å². The van der Waals surface area contributed by atoms with Crippen LogP contribution in [0, 0.1) is 0 Å². The lowest BCUT2D eigenvalue weighted by molar-refractivity contribution is 0.0600. The molecule has 1 amide bonds. The normalized spacial score (nSPS) is 10.1. The number of ether oxygens (including phenoxy) is 2. The Kier molecular flexibility index (Phi) is 6.36. The molecule has 0 saturated heterocycles. The highest BCUT2D eigenvalue weighted by atomic mass is 16.5. The molecule has 0 fully saturated rings. The Hall–Kier alpha value is -3.94. The molecular formula is C21H20N4O4. The molecule has 0 aliphatic heterocycles. The number of hydrogen-bond donors (Lipinski definition) is 2. The van der Waals surface area contributed by atoms with Gasteiger partial charge in [0.15, 0.2) is 0 Å². The van der Waals surface area contributed by atoms with Gasteiger partial charge in [-0.3, -0.25) is 4.79 Å². The molecule has 2 aromatic carbocycles. The standard InChI is InChI=1S/C21H20N4O4/c1-28-17-9-3-14(4-10-17)13-23-19(26)18-11-12-22-21(25-18)24-16-7-5-15(6-8-16)20(27)29-2/h3-12H,13H2,1-2H3,(H,23,26)(H,22,24,25). The fourth-order valence-corrected chi connectivity index (χ4v) is 2.50. The Balaban J connectivity index is 1.62. The molecule has 1 heterocycles. The third kappa shape index (κ3) is 5.29. The van der Waals surface area contributed by atoms with Gasteiger partial charge in [-0.2, -0.15) is 0 Å². The largest absolute Gasteiger partial charge is 0.497 e. The van der Waals surface area contributed by atoms with Gasteiger partial charge in [0.05, 0.1) is 19.8 Å². The highest BCUT2D eigenvalue weighted by Crippen LogP contribution is 2.15. The van der Waals surface area contributed by atoms with Crippen molar-refractivity contribution in [2.45, 2.75) is 6.54 Å². The van der Waals surface area contributed by atoms with E-state index < -0.39 is 5.97 Å². The predicted molar refractivity (Wildman–Crippen MR) is 107 cm³/mol. The molecule has 0 spiro atoms. The molecule has 3 rings (SSSR count). The van der Waals surface area contributed by atoms with E-state index in [1.165, 1.54) is 19.4 Å². The van der Waals surface area contributed by atoms with E-state index in [1.807, 2.05) is 24.3 Å². The van der Waals surface area contributed by atoms with E-state index >= 15 is 0 Å². The van der Waals surface area contributed by atoms with Crippen LogP contribution in [0.1, 0.15) is 26.4 Å². The topological polar surface area (TPSA) is 102 Å². The van der Waals surface area contributed by atoms with E-state index in [2.05, 4.69) is 25.3 Å². The van der Waals surface area contributed by atoms with Gasteiger partial charge in [-0.05, 0) is 48.0 Å². The van der Waals surface area contributed by atoms with Crippen LogP contribution >= 0.6 is 0 Å². The smallest absolute Gasteiger partial charge is 0.337 e. The lowest BCUT2D eigenvalue weighted by atomic mass is 10.2. The van der Waals surface area contributed by atoms with E-state index in [4.69, 9.17) is 4.74 Å². The highest BCUT2D eigenvalue weighted by molar-refractivity contribution is 5.92. The predicted octanol–water partition coefficient (Wildman–Crippen LogP) is 2.95. The Morgan fingerprint density at radius 1 is 0.966 bits per heavy atom. The van der Waals surface area contributed by atoms with E-state index in [1.54, 1.807) is 31.4 Å². The second-order valence-corrected chi connectivity index (χ2v) is 5.99. The number of aromatic nitrogens is 2. The van der Waals surface area contributed by atoms with Crippen LogP contribution in [0.15, 0.2) is 60.8 Å². The van der Waals surface area contributed by atoms with Crippen molar-refractivity contribution < 1.29 is 19.1 Å². The SMILES string of the molecule is COC(=O)c1ccc(Nc2nccc(C(=O)NCc3ccc(OC)cc3)n2)cc1. The van der Waals surface area contributed by atoms with E-state index in [0.717, 1.165) is 11.3 Å². The first kappa shape index (κ1) is 19.8.